The maximum Gasteiger partial charge on any atom is 0.220 e. The Hall–Kier alpha value is -0.850. The summed E-state index contributed by atoms with van der Waals surface area (Å²) in [5, 5.41) is 65.3. The summed E-state index contributed by atoms with van der Waals surface area (Å²) in [5.41, 5.74) is 0. The van der Waals surface area contributed by atoms with Gasteiger partial charge in [-0.1, -0.05) is 232 Å². The minimum Gasteiger partial charge on any atom is -0.394 e. The van der Waals surface area contributed by atoms with E-state index >= 15 is 0 Å². The average Bonchev–Trinajstić information content (AvgIpc) is 3.25. The first-order valence-corrected chi connectivity index (χ1v) is 25.8. The number of carbonyl (C=O) groups is 1. The monoisotopic (exact) mass is 858 g/mol. The van der Waals surface area contributed by atoms with Gasteiger partial charge in [-0.2, -0.15) is 0 Å². The van der Waals surface area contributed by atoms with Crippen LogP contribution in [0.15, 0.2) is 0 Å². The molecule has 7 N–H and O–H groups in total. The van der Waals surface area contributed by atoms with Crippen molar-refractivity contribution in [2.24, 2.45) is 0 Å². The molecule has 1 rings (SSSR count). The molecule has 358 valence electrons. The van der Waals surface area contributed by atoms with Gasteiger partial charge >= 0.3 is 0 Å². The number of rotatable bonds is 44. The molecule has 0 radical (unpaired) electrons. The summed E-state index contributed by atoms with van der Waals surface area (Å²) in [7, 11) is 0. The average molecular weight is 858 g/mol. The third-order valence-electron chi connectivity index (χ3n) is 12.8. The van der Waals surface area contributed by atoms with Crippen LogP contribution in [0.1, 0.15) is 251 Å². The number of carbonyl (C=O) groups excluding carboxylic acids is 1. The maximum atomic E-state index is 13.0. The predicted molar refractivity (Wildman–Crippen MR) is 246 cm³/mol. The van der Waals surface area contributed by atoms with Crippen LogP contribution in [0, 0.1) is 0 Å². The van der Waals surface area contributed by atoms with E-state index in [1.54, 1.807) is 0 Å². The Bertz CT molecular complexity index is 926. The Morgan fingerprint density at radius 1 is 0.517 bits per heavy atom. The van der Waals surface area contributed by atoms with Crippen LogP contribution in [0.25, 0.3) is 0 Å². The number of unbranched alkanes of at least 4 members (excludes halogenated alkanes) is 33. The Balaban J connectivity index is 2.26. The molecule has 8 atom stereocenters. The van der Waals surface area contributed by atoms with E-state index in [4.69, 9.17) is 9.47 Å². The molecule has 0 aromatic rings. The second-order valence-electron chi connectivity index (χ2n) is 18.5. The van der Waals surface area contributed by atoms with Crippen LogP contribution < -0.4 is 5.32 Å². The smallest absolute Gasteiger partial charge is 0.220 e. The van der Waals surface area contributed by atoms with Crippen molar-refractivity contribution >= 4 is 5.91 Å². The first-order valence-electron chi connectivity index (χ1n) is 25.8. The number of hydrogen-bond acceptors (Lipinski definition) is 9. The van der Waals surface area contributed by atoms with Crippen LogP contribution in [-0.2, 0) is 14.3 Å². The van der Waals surface area contributed by atoms with Crippen molar-refractivity contribution in [3.05, 3.63) is 0 Å². The van der Waals surface area contributed by atoms with Crippen LogP contribution in [0.2, 0.25) is 0 Å². The Labute approximate surface area is 368 Å². The van der Waals surface area contributed by atoms with E-state index in [-0.39, 0.29) is 18.9 Å². The Kier molecular flexibility index (Phi) is 39.0. The van der Waals surface area contributed by atoms with Crippen molar-refractivity contribution in [3.63, 3.8) is 0 Å². The minimum absolute atomic E-state index is 0.252. The number of nitrogens with one attached hydrogen (secondary N) is 1. The molecule has 10 heteroatoms. The van der Waals surface area contributed by atoms with Gasteiger partial charge in [0.1, 0.15) is 30.5 Å². The zero-order chi connectivity index (χ0) is 43.9. The normalized spacial score (nSPS) is 21.0. The quantitative estimate of drug-likeness (QED) is 0.0295. The molecule has 0 aliphatic carbocycles. The van der Waals surface area contributed by atoms with Gasteiger partial charge in [-0.15, -0.1) is 0 Å². The SMILES string of the molecule is CCCCCCCCCCCCCCCCCCCCCCCCCC(=O)NC(CO[C@H]1OC(CO)[C@H](O)C(O)C1O)C(O)C(O)CCCCCCCCCCCCCC. The number of aliphatic hydroxyl groups excluding tert-OH is 6. The second kappa shape index (κ2) is 40.9. The maximum absolute atomic E-state index is 13.0. The third kappa shape index (κ3) is 30.3. The third-order valence-corrected chi connectivity index (χ3v) is 12.8. The van der Waals surface area contributed by atoms with Crippen LogP contribution in [0.3, 0.4) is 0 Å². The molecule has 1 heterocycles. The molecule has 6 unspecified atom stereocenters. The molecular formula is C50H99NO9. The van der Waals surface area contributed by atoms with Crippen LogP contribution >= 0.6 is 0 Å². The van der Waals surface area contributed by atoms with Crippen molar-refractivity contribution in [3.8, 4) is 0 Å². The van der Waals surface area contributed by atoms with Crippen molar-refractivity contribution in [2.45, 2.75) is 300 Å². The summed E-state index contributed by atoms with van der Waals surface area (Å²) < 4.78 is 11.2. The predicted octanol–water partition coefficient (Wildman–Crippen LogP) is 10.5. The second-order valence-corrected chi connectivity index (χ2v) is 18.5. The number of ether oxygens (including phenoxy) is 2. The van der Waals surface area contributed by atoms with Gasteiger partial charge in [0.05, 0.1) is 25.4 Å². The zero-order valence-electron chi connectivity index (χ0n) is 39.1. The standard InChI is InChI=1S/C50H99NO9/c1-3-5-7-9-11-13-15-17-18-19-20-21-22-23-24-25-26-27-29-31-33-35-37-39-45(54)51-42(41-59-50-49(58)48(57)47(56)44(40-52)60-50)46(55)43(53)38-36-34-32-30-28-16-14-12-10-8-6-4-2/h42-44,46-50,52-53,55-58H,3-41H2,1-2H3,(H,51,54)/t42?,43?,44?,46?,47-,48?,49?,50-/m0/s1. The molecule has 1 saturated heterocycles. The minimum atomic E-state index is -1.60. The van der Waals surface area contributed by atoms with Gasteiger partial charge in [0.2, 0.25) is 5.91 Å². The van der Waals surface area contributed by atoms with Gasteiger partial charge in [-0.25, -0.2) is 0 Å². The molecule has 0 spiro atoms. The molecule has 10 nitrogen and oxygen atoms in total. The van der Waals surface area contributed by atoms with Gasteiger partial charge in [-0.05, 0) is 12.8 Å². The largest absolute Gasteiger partial charge is 0.394 e. The first kappa shape index (κ1) is 57.2. The molecule has 1 amide bonds. The summed E-state index contributed by atoms with van der Waals surface area (Å²) in [6.07, 6.45) is 35.5. The molecule has 0 aromatic carbocycles. The van der Waals surface area contributed by atoms with Crippen LogP contribution in [0.5, 0.6) is 0 Å². The Morgan fingerprint density at radius 3 is 1.23 bits per heavy atom. The van der Waals surface area contributed by atoms with E-state index in [1.165, 1.54) is 186 Å². The van der Waals surface area contributed by atoms with Gasteiger partial charge in [0.15, 0.2) is 6.29 Å². The van der Waals surface area contributed by atoms with Crippen molar-refractivity contribution in [2.75, 3.05) is 13.2 Å². The lowest BCUT2D eigenvalue weighted by Gasteiger charge is -2.40. The topological polar surface area (TPSA) is 169 Å². The summed E-state index contributed by atoms with van der Waals surface area (Å²) in [6.45, 7) is 3.63. The van der Waals surface area contributed by atoms with Crippen molar-refractivity contribution in [1.29, 1.82) is 0 Å². The fourth-order valence-electron chi connectivity index (χ4n) is 8.61. The molecule has 0 aromatic heterocycles. The highest BCUT2D eigenvalue weighted by atomic mass is 16.7. The van der Waals surface area contributed by atoms with Crippen molar-refractivity contribution in [1.82, 2.24) is 5.32 Å². The van der Waals surface area contributed by atoms with Crippen LogP contribution in [-0.4, -0.2) is 98.7 Å². The number of hydrogen-bond donors (Lipinski definition) is 7. The lowest BCUT2D eigenvalue weighted by molar-refractivity contribution is -0.303. The van der Waals surface area contributed by atoms with E-state index in [2.05, 4.69) is 19.2 Å². The molecule has 60 heavy (non-hydrogen) atoms. The molecular weight excluding hydrogens is 759 g/mol. The lowest BCUT2D eigenvalue weighted by atomic mass is 9.98. The highest BCUT2D eigenvalue weighted by molar-refractivity contribution is 5.76. The van der Waals surface area contributed by atoms with E-state index in [0.29, 0.717) is 6.42 Å². The van der Waals surface area contributed by atoms with Gasteiger partial charge < -0.3 is 45.4 Å². The molecule has 0 saturated carbocycles. The summed E-state index contributed by atoms with van der Waals surface area (Å²) >= 11 is 0. The molecule has 1 fully saturated rings. The molecule has 1 aliphatic rings. The summed E-state index contributed by atoms with van der Waals surface area (Å²) in [5.74, 6) is -0.252. The van der Waals surface area contributed by atoms with Gasteiger partial charge in [-0.3, -0.25) is 4.79 Å². The lowest BCUT2D eigenvalue weighted by Crippen LogP contribution is -2.60. The summed E-state index contributed by atoms with van der Waals surface area (Å²) in [4.78, 5) is 13.0. The Morgan fingerprint density at radius 2 is 0.867 bits per heavy atom. The van der Waals surface area contributed by atoms with E-state index < -0.39 is 55.6 Å². The zero-order valence-corrected chi connectivity index (χ0v) is 39.1. The van der Waals surface area contributed by atoms with E-state index in [9.17, 15) is 35.4 Å². The van der Waals surface area contributed by atoms with E-state index in [0.717, 1.165) is 38.5 Å². The number of amides is 1. The van der Waals surface area contributed by atoms with Crippen LogP contribution in [0.4, 0.5) is 0 Å². The van der Waals surface area contributed by atoms with Gasteiger partial charge in [0, 0.05) is 6.42 Å². The highest BCUT2D eigenvalue weighted by Gasteiger charge is 2.44. The molecule has 1 aliphatic heterocycles. The van der Waals surface area contributed by atoms with E-state index in [1.807, 2.05) is 0 Å². The van der Waals surface area contributed by atoms with Crippen molar-refractivity contribution < 1.29 is 44.9 Å². The fourth-order valence-corrected chi connectivity index (χ4v) is 8.61. The first-order chi connectivity index (χ1) is 29.3. The fraction of sp³-hybridized carbons (Fsp3) is 0.980. The molecule has 0 bridgehead atoms. The summed E-state index contributed by atoms with van der Waals surface area (Å²) in [6, 6.07) is -0.985. The van der Waals surface area contributed by atoms with Gasteiger partial charge in [0.25, 0.3) is 0 Å². The number of aliphatic hydroxyl groups is 6. The highest BCUT2D eigenvalue weighted by Crippen LogP contribution is 2.23.